The molecule has 0 aromatic heterocycles. The number of hydrogen-bond donors (Lipinski definition) is 2. The lowest BCUT2D eigenvalue weighted by atomic mass is 9.49. The second-order valence-electron chi connectivity index (χ2n) is 9.82. The first-order valence-corrected chi connectivity index (χ1v) is 11.7. The molecule has 26 heavy (non-hydrogen) atoms. The van der Waals surface area contributed by atoms with E-state index in [2.05, 4.69) is 10.6 Å². The summed E-state index contributed by atoms with van der Waals surface area (Å²) in [7, 11) is -3.06. The van der Waals surface area contributed by atoms with E-state index in [-0.39, 0.29) is 35.3 Å². The lowest BCUT2D eigenvalue weighted by Crippen LogP contribution is -2.51. The van der Waals surface area contributed by atoms with Gasteiger partial charge in [0.2, 0.25) is 11.8 Å². The van der Waals surface area contributed by atoms with Crippen LogP contribution in [0.4, 0.5) is 0 Å². The summed E-state index contributed by atoms with van der Waals surface area (Å²) in [6, 6.07) is 0. The topological polar surface area (TPSA) is 92.3 Å². The summed E-state index contributed by atoms with van der Waals surface area (Å²) in [5.41, 5.74) is -0.540. The molecular formula is C19H30N2O4S. The molecular weight excluding hydrogens is 352 g/mol. The van der Waals surface area contributed by atoms with E-state index in [4.69, 9.17) is 0 Å². The highest BCUT2D eigenvalue weighted by molar-refractivity contribution is 7.91. The average molecular weight is 383 g/mol. The lowest BCUT2D eigenvalue weighted by Gasteiger charge is -2.56. The number of amides is 2. The summed E-state index contributed by atoms with van der Waals surface area (Å²) >= 11 is 0. The van der Waals surface area contributed by atoms with Crippen molar-refractivity contribution in [3.8, 4) is 0 Å². The number of sulfone groups is 1. The van der Waals surface area contributed by atoms with Gasteiger partial charge in [0.1, 0.15) is 0 Å². The maximum Gasteiger partial charge on any atom is 0.239 e. The van der Waals surface area contributed by atoms with Crippen molar-refractivity contribution in [1.29, 1.82) is 0 Å². The van der Waals surface area contributed by atoms with Gasteiger partial charge in [0.15, 0.2) is 9.84 Å². The highest BCUT2D eigenvalue weighted by Gasteiger charge is 2.51. The molecule has 5 aliphatic rings. The van der Waals surface area contributed by atoms with Gasteiger partial charge in [-0.2, -0.15) is 0 Å². The Morgan fingerprint density at radius 1 is 1.00 bits per heavy atom. The smallest absolute Gasteiger partial charge is 0.239 e. The van der Waals surface area contributed by atoms with Crippen LogP contribution in [-0.2, 0) is 19.4 Å². The quantitative estimate of drug-likeness (QED) is 0.752. The minimum absolute atomic E-state index is 0.0209. The van der Waals surface area contributed by atoms with Crippen molar-refractivity contribution in [2.75, 3.05) is 18.1 Å². The molecule has 2 amide bonds. The van der Waals surface area contributed by atoms with Crippen LogP contribution < -0.4 is 10.6 Å². The summed E-state index contributed by atoms with van der Waals surface area (Å²) < 4.78 is 23.2. The van der Waals surface area contributed by atoms with Crippen LogP contribution in [0.25, 0.3) is 0 Å². The molecule has 7 heteroatoms. The third-order valence-electron chi connectivity index (χ3n) is 7.09. The van der Waals surface area contributed by atoms with E-state index in [1.165, 1.54) is 38.5 Å². The molecule has 0 aromatic rings. The van der Waals surface area contributed by atoms with Crippen LogP contribution in [0.1, 0.15) is 58.3 Å². The number of hydrogen-bond acceptors (Lipinski definition) is 4. The Morgan fingerprint density at radius 2 is 1.58 bits per heavy atom. The van der Waals surface area contributed by atoms with Crippen LogP contribution >= 0.6 is 0 Å². The van der Waals surface area contributed by atoms with Crippen molar-refractivity contribution in [2.45, 2.75) is 63.8 Å². The highest BCUT2D eigenvalue weighted by Crippen LogP contribution is 2.61. The minimum atomic E-state index is -3.06. The maximum absolute atomic E-state index is 12.5. The van der Waals surface area contributed by atoms with Crippen LogP contribution in [0.3, 0.4) is 0 Å². The van der Waals surface area contributed by atoms with Crippen LogP contribution in [0.15, 0.2) is 0 Å². The van der Waals surface area contributed by atoms with Gasteiger partial charge in [-0.1, -0.05) is 0 Å². The standard InChI is InChI=1S/C19H30N2O4S/c1-18(2-3-26(24,25)12-18)21-17(23)11-20-16(22)10-19-7-13-4-14(8-19)6-15(5-13)9-19/h13-15H,2-12H2,1H3,(H,20,22)(H,21,23). The molecule has 6 nitrogen and oxygen atoms in total. The largest absolute Gasteiger partial charge is 0.348 e. The van der Waals surface area contributed by atoms with Gasteiger partial charge >= 0.3 is 0 Å². The van der Waals surface area contributed by atoms with E-state index in [1.54, 1.807) is 6.92 Å². The number of nitrogens with one attached hydrogen (secondary N) is 2. The van der Waals surface area contributed by atoms with Crippen molar-refractivity contribution < 1.29 is 18.0 Å². The predicted octanol–water partition coefficient (Wildman–Crippen LogP) is 1.40. The van der Waals surface area contributed by atoms with Gasteiger partial charge in [0.25, 0.3) is 0 Å². The Morgan fingerprint density at radius 3 is 2.08 bits per heavy atom. The molecule has 4 aliphatic carbocycles. The first-order chi connectivity index (χ1) is 12.1. The van der Waals surface area contributed by atoms with Crippen molar-refractivity contribution in [3.05, 3.63) is 0 Å². The first-order valence-electron chi connectivity index (χ1n) is 9.93. The van der Waals surface area contributed by atoms with Gasteiger partial charge in [-0.15, -0.1) is 0 Å². The molecule has 0 spiro atoms. The fourth-order valence-corrected chi connectivity index (χ4v) is 8.67. The van der Waals surface area contributed by atoms with Crippen molar-refractivity contribution in [2.24, 2.45) is 23.2 Å². The Bertz CT molecular complexity index is 682. The SMILES string of the molecule is CC1(NC(=O)CNC(=O)CC23CC4CC(CC(C4)C2)C3)CCS(=O)(=O)C1. The fourth-order valence-electron chi connectivity index (χ4n) is 6.58. The Balaban J connectivity index is 1.26. The molecule has 1 unspecified atom stereocenters. The summed E-state index contributed by atoms with van der Waals surface area (Å²) in [5, 5.41) is 5.56. The van der Waals surface area contributed by atoms with E-state index in [0.717, 1.165) is 17.8 Å². The molecule has 0 radical (unpaired) electrons. The monoisotopic (exact) mass is 382 g/mol. The van der Waals surface area contributed by atoms with Crippen molar-refractivity contribution in [3.63, 3.8) is 0 Å². The van der Waals surface area contributed by atoms with Crippen molar-refractivity contribution >= 4 is 21.7 Å². The maximum atomic E-state index is 12.5. The Kier molecular flexibility index (Phi) is 4.36. The van der Waals surface area contributed by atoms with Crippen LogP contribution in [0, 0.1) is 23.2 Å². The van der Waals surface area contributed by atoms with E-state index in [9.17, 15) is 18.0 Å². The summed E-state index contributed by atoms with van der Waals surface area (Å²) in [6.45, 7) is 1.69. The molecule has 4 bridgehead atoms. The Labute approximate surface area is 155 Å². The molecule has 1 heterocycles. The molecule has 1 aliphatic heterocycles. The van der Waals surface area contributed by atoms with E-state index < -0.39 is 15.4 Å². The normalized spacial score (nSPS) is 42.6. The third kappa shape index (κ3) is 3.78. The second kappa shape index (κ2) is 6.21. The van der Waals surface area contributed by atoms with Gasteiger partial charge in [-0.3, -0.25) is 9.59 Å². The minimum Gasteiger partial charge on any atom is -0.348 e. The Hall–Kier alpha value is -1.11. The van der Waals surface area contributed by atoms with E-state index in [1.807, 2.05) is 0 Å². The molecule has 2 N–H and O–H groups in total. The van der Waals surface area contributed by atoms with Crippen molar-refractivity contribution in [1.82, 2.24) is 10.6 Å². The third-order valence-corrected chi connectivity index (χ3v) is 8.99. The van der Waals surface area contributed by atoms with Crippen LogP contribution in [-0.4, -0.2) is 43.8 Å². The van der Waals surface area contributed by atoms with Gasteiger partial charge < -0.3 is 10.6 Å². The molecule has 146 valence electrons. The molecule has 4 saturated carbocycles. The van der Waals surface area contributed by atoms with Crippen LogP contribution in [0.2, 0.25) is 0 Å². The molecule has 5 rings (SSSR count). The number of carbonyl (C=O) groups excluding carboxylic acids is 2. The average Bonchev–Trinajstić information content (AvgIpc) is 2.76. The zero-order chi connectivity index (χ0) is 18.6. The van der Waals surface area contributed by atoms with E-state index >= 15 is 0 Å². The highest BCUT2D eigenvalue weighted by atomic mass is 32.2. The van der Waals surface area contributed by atoms with Gasteiger partial charge in [-0.05, 0) is 75.0 Å². The molecule has 5 fully saturated rings. The predicted molar refractivity (Wildman–Crippen MR) is 98.1 cm³/mol. The van der Waals surface area contributed by atoms with Crippen LogP contribution in [0.5, 0.6) is 0 Å². The first kappa shape index (κ1) is 18.3. The lowest BCUT2D eigenvalue weighted by molar-refractivity contribution is -0.132. The summed E-state index contributed by atoms with van der Waals surface area (Å²) in [5.74, 6) is 2.18. The second-order valence-corrected chi connectivity index (χ2v) is 12.0. The van der Waals surface area contributed by atoms with E-state index in [0.29, 0.717) is 12.8 Å². The van der Waals surface area contributed by atoms with Gasteiger partial charge in [0, 0.05) is 6.42 Å². The van der Waals surface area contributed by atoms with Gasteiger partial charge in [-0.25, -0.2) is 8.42 Å². The number of carbonyl (C=O) groups is 2. The fraction of sp³-hybridized carbons (Fsp3) is 0.895. The zero-order valence-corrected chi connectivity index (χ0v) is 16.4. The summed E-state index contributed by atoms with van der Waals surface area (Å²) in [4.78, 5) is 24.6. The van der Waals surface area contributed by atoms with Gasteiger partial charge in [0.05, 0.1) is 23.6 Å². The molecule has 1 saturated heterocycles. The number of rotatable bonds is 5. The zero-order valence-electron chi connectivity index (χ0n) is 15.6. The molecule has 0 aromatic carbocycles. The molecule has 1 atom stereocenters. The summed E-state index contributed by atoms with van der Waals surface area (Å²) in [6.07, 6.45) is 8.55.